The summed E-state index contributed by atoms with van der Waals surface area (Å²) in [6, 6.07) is 7.55. The smallest absolute Gasteiger partial charge is 0.408 e. The third-order valence-electron chi connectivity index (χ3n) is 3.99. The number of primary amides is 1. The van der Waals surface area contributed by atoms with Crippen LogP contribution in [0.2, 0.25) is 0 Å². The van der Waals surface area contributed by atoms with Gasteiger partial charge >= 0.3 is 12.1 Å². The number of hydrogen-bond donors (Lipinski definition) is 3. The molecule has 0 aliphatic carbocycles. The highest BCUT2D eigenvalue weighted by Gasteiger charge is 2.26. The van der Waals surface area contributed by atoms with Crippen molar-refractivity contribution in [2.45, 2.75) is 57.7 Å². The number of benzene rings is 1. The lowest BCUT2D eigenvalue weighted by atomic mass is 10.0. The number of alkyl carbamates (subject to hydrolysis) is 1. The lowest BCUT2D eigenvalue weighted by molar-refractivity contribution is -0.135. The van der Waals surface area contributed by atoms with E-state index in [1.165, 1.54) is 13.2 Å². The van der Waals surface area contributed by atoms with Gasteiger partial charge in [-0.05, 0) is 32.8 Å². The molecule has 9 nitrogen and oxygen atoms in total. The average molecular weight is 434 g/mol. The first-order valence-electron chi connectivity index (χ1n) is 9.88. The minimum absolute atomic E-state index is 0.000689. The van der Waals surface area contributed by atoms with Crippen molar-refractivity contribution in [1.82, 2.24) is 10.6 Å². The molecule has 0 bridgehead atoms. The Bertz CT molecular complexity index is 786. The molecule has 0 heterocycles. The molecule has 0 unspecified atom stereocenters. The SMILES string of the molecule is COC(=O)/C=C/[C@H](CCC(N)=O)NC(=O)[C@H](Cc1ccccc1)NC(=O)OC(C)(C)C. The van der Waals surface area contributed by atoms with Crippen LogP contribution in [0.5, 0.6) is 0 Å². The fraction of sp³-hybridized carbons (Fsp3) is 0.455. The van der Waals surface area contributed by atoms with Crippen LogP contribution in [-0.2, 0) is 30.3 Å². The number of carbonyl (C=O) groups is 4. The molecule has 0 saturated carbocycles. The van der Waals surface area contributed by atoms with Gasteiger partial charge in [0.2, 0.25) is 11.8 Å². The van der Waals surface area contributed by atoms with Crippen LogP contribution >= 0.6 is 0 Å². The van der Waals surface area contributed by atoms with Crippen LogP contribution in [-0.4, -0.2) is 48.7 Å². The predicted octanol–water partition coefficient (Wildman–Crippen LogP) is 1.60. The van der Waals surface area contributed by atoms with E-state index in [0.29, 0.717) is 0 Å². The molecule has 0 radical (unpaired) electrons. The van der Waals surface area contributed by atoms with Crippen molar-refractivity contribution in [3.63, 3.8) is 0 Å². The zero-order chi connectivity index (χ0) is 23.4. The summed E-state index contributed by atoms with van der Waals surface area (Å²) in [7, 11) is 1.23. The summed E-state index contributed by atoms with van der Waals surface area (Å²) >= 11 is 0. The number of methoxy groups -OCH3 is 1. The van der Waals surface area contributed by atoms with Gasteiger partial charge in [-0.2, -0.15) is 0 Å². The number of amides is 3. The van der Waals surface area contributed by atoms with Crippen LogP contribution in [0, 0.1) is 0 Å². The van der Waals surface area contributed by atoms with Crippen LogP contribution in [0.4, 0.5) is 4.79 Å². The summed E-state index contributed by atoms with van der Waals surface area (Å²) in [6.07, 6.45) is 2.23. The van der Waals surface area contributed by atoms with E-state index in [4.69, 9.17) is 10.5 Å². The van der Waals surface area contributed by atoms with E-state index in [1.807, 2.05) is 30.3 Å². The second kappa shape index (κ2) is 12.4. The Balaban J connectivity index is 2.99. The second-order valence-corrected chi connectivity index (χ2v) is 7.89. The molecule has 1 aromatic carbocycles. The van der Waals surface area contributed by atoms with Crippen LogP contribution < -0.4 is 16.4 Å². The Morgan fingerprint density at radius 3 is 2.29 bits per heavy atom. The minimum Gasteiger partial charge on any atom is -0.466 e. The first-order chi connectivity index (χ1) is 14.5. The third kappa shape index (κ3) is 11.4. The standard InChI is InChI=1S/C22H31N3O6/c1-22(2,3)31-21(29)25-17(14-15-8-6-5-7-9-15)20(28)24-16(10-12-18(23)26)11-13-19(27)30-4/h5-9,11,13,16-17H,10,12,14H2,1-4H3,(H2,23,26)(H,24,28)(H,25,29)/b13-11+/t16-,17-/m0/s1. The normalized spacial score (nSPS) is 13.2. The number of nitrogens with two attached hydrogens (primary N) is 1. The molecular formula is C22H31N3O6. The van der Waals surface area contributed by atoms with Crippen LogP contribution in [0.25, 0.3) is 0 Å². The van der Waals surface area contributed by atoms with Gasteiger partial charge in [0.25, 0.3) is 0 Å². The van der Waals surface area contributed by atoms with Gasteiger partial charge in [-0.25, -0.2) is 9.59 Å². The highest BCUT2D eigenvalue weighted by Crippen LogP contribution is 2.09. The lowest BCUT2D eigenvalue weighted by Gasteiger charge is -2.24. The van der Waals surface area contributed by atoms with Gasteiger partial charge < -0.3 is 25.8 Å². The van der Waals surface area contributed by atoms with Gasteiger partial charge in [0.1, 0.15) is 11.6 Å². The summed E-state index contributed by atoms with van der Waals surface area (Å²) in [5.74, 6) is -1.65. The Kier molecular flexibility index (Phi) is 10.2. The molecule has 3 amide bonds. The van der Waals surface area contributed by atoms with Gasteiger partial charge in [-0.1, -0.05) is 36.4 Å². The summed E-state index contributed by atoms with van der Waals surface area (Å²) in [4.78, 5) is 47.8. The van der Waals surface area contributed by atoms with Crippen molar-refractivity contribution in [2.24, 2.45) is 5.73 Å². The lowest BCUT2D eigenvalue weighted by Crippen LogP contribution is -2.51. The van der Waals surface area contributed by atoms with Crippen LogP contribution in [0.1, 0.15) is 39.2 Å². The Morgan fingerprint density at radius 1 is 1.10 bits per heavy atom. The monoisotopic (exact) mass is 433 g/mol. The molecule has 0 aliphatic heterocycles. The Labute approximate surface area is 182 Å². The number of carbonyl (C=O) groups excluding carboxylic acids is 4. The number of hydrogen-bond acceptors (Lipinski definition) is 6. The zero-order valence-electron chi connectivity index (χ0n) is 18.3. The first kappa shape index (κ1) is 25.7. The molecule has 31 heavy (non-hydrogen) atoms. The van der Waals surface area contributed by atoms with Gasteiger partial charge in [0, 0.05) is 25.0 Å². The molecule has 0 aliphatic rings. The Morgan fingerprint density at radius 2 is 1.74 bits per heavy atom. The van der Waals surface area contributed by atoms with Crippen molar-refractivity contribution >= 4 is 23.9 Å². The first-order valence-corrected chi connectivity index (χ1v) is 9.88. The molecular weight excluding hydrogens is 402 g/mol. The summed E-state index contributed by atoms with van der Waals surface area (Å²) < 4.78 is 9.82. The van der Waals surface area contributed by atoms with Crippen molar-refractivity contribution in [3.8, 4) is 0 Å². The minimum atomic E-state index is -0.945. The van der Waals surface area contributed by atoms with Crippen molar-refractivity contribution < 1.29 is 28.7 Å². The average Bonchev–Trinajstić information content (AvgIpc) is 2.68. The van der Waals surface area contributed by atoms with Crippen molar-refractivity contribution in [1.29, 1.82) is 0 Å². The van der Waals surface area contributed by atoms with Crippen molar-refractivity contribution in [3.05, 3.63) is 48.0 Å². The molecule has 0 fully saturated rings. The molecule has 0 aromatic heterocycles. The fourth-order valence-corrected chi connectivity index (χ4v) is 2.57. The van der Waals surface area contributed by atoms with E-state index < -0.39 is 41.6 Å². The number of ether oxygens (including phenoxy) is 2. The van der Waals surface area contributed by atoms with E-state index in [-0.39, 0.29) is 19.3 Å². The molecule has 170 valence electrons. The van der Waals surface area contributed by atoms with Crippen molar-refractivity contribution in [2.75, 3.05) is 7.11 Å². The maximum Gasteiger partial charge on any atom is 0.408 e. The van der Waals surface area contributed by atoms with Gasteiger partial charge in [0.05, 0.1) is 7.11 Å². The largest absolute Gasteiger partial charge is 0.466 e. The summed E-state index contributed by atoms with van der Waals surface area (Å²) in [5.41, 5.74) is 5.30. The maximum atomic E-state index is 13.0. The molecule has 9 heteroatoms. The summed E-state index contributed by atoms with van der Waals surface area (Å²) in [5, 5.41) is 5.32. The van der Waals surface area contributed by atoms with E-state index >= 15 is 0 Å². The van der Waals surface area contributed by atoms with Gasteiger partial charge in [-0.15, -0.1) is 0 Å². The highest BCUT2D eigenvalue weighted by molar-refractivity contribution is 5.87. The molecule has 0 spiro atoms. The van der Waals surface area contributed by atoms with Crippen LogP contribution in [0.3, 0.4) is 0 Å². The zero-order valence-corrected chi connectivity index (χ0v) is 18.3. The van der Waals surface area contributed by atoms with E-state index in [0.717, 1.165) is 11.6 Å². The molecule has 4 N–H and O–H groups in total. The van der Waals surface area contributed by atoms with E-state index in [1.54, 1.807) is 20.8 Å². The second-order valence-electron chi connectivity index (χ2n) is 7.89. The van der Waals surface area contributed by atoms with E-state index in [9.17, 15) is 19.2 Å². The third-order valence-corrected chi connectivity index (χ3v) is 3.99. The summed E-state index contributed by atoms with van der Waals surface area (Å²) in [6.45, 7) is 5.16. The molecule has 1 aromatic rings. The van der Waals surface area contributed by atoms with E-state index in [2.05, 4.69) is 15.4 Å². The van der Waals surface area contributed by atoms with Gasteiger partial charge in [-0.3, -0.25) is 9.59 Å². The number of rotatable bonds is 10. The van der Waals surface area contributed by atoms with Gasteiger partial charge in [0.15, 0.2) is 0 Å². The maximum absolute atomic E-state index is 13.0. The fourth-order valence-electron chi connectivity index (χ4n) is 2.57. The molecule has 2 atom stereocenters. The highest BCUT2D eigenvalue weighted by atomic mass is 16.6. The quantitative estimate of drug-likeness (QED) is 0.379. The van der Waals surface area contributed by atoms with Crippen LogP contribution in [0.15, 0.2) is 42.5 Å². The Hall–Kier alpha value is -3.36. The molecule has 0 saturated heterocycles. The molecule has 1 rings (SSSR count). The topological polar surface area (TPSA) is 137 Å². The number of nitrogens with one attached hydrogen (secondary N) is 2. The number of esters is 1. The predicted molar refractivity (Wildman–Crippen MR) is 115 cm³/mol.